The zero-order chi connectivity index (χ0) is 13.1. The molecule has 0 rings (SSSR count). The summed E-state index contributed by atoms with van der Waals surface area (Å²) >= 11 is 0. The van der Waals surface area contributed by atoms with Gasteiger partial charge in [0, 0.05) is 13.5 Å². The van der Waals surface area contributed by atoms with E-state index in [1.807, 2.05) is 0 Å². The van der Waals surface area contributed by atoms with E-state index in [1.54, 1.807) is 0 Å². The van der Waals surface area contributed by atoms with Crippen LogP contribution in [0, 0.1) is 0 Å². The molecule has 0 heterocycles. The predicted octanol–water partition coefficient (Wildman–Crippen LogP) is 1.37. The summed E-state index contributed by atoms with van der Waals surface area (Å²) in [5.41, 5.74) is 0. The van der Waals surface area contributed by atoms with Gasteiger partial charge in [0.2, 0.25) is 5.91 Å². The maximum absolute atomic E-state index is 11.5. The first kappa shape index (κ1) is 24.9. The molecule has 4 nitrogen and oxygen atoms in total. The van der Waals surface area contributed by atoms with Crippen molar-refractivity contribution in [2.24, 2.45) is 0 Å². The first-order chi connectivity index (χ1) is 8.07. The van der Waals surface area contributed by atoms with E-state index in [0.29, 0.717) is 6.42 Å². The molecule has 0 saturated heterocycles. The van der Waals surface area contributed by atoms with E-state index in [2.05, 4.69) is 6.92 Å². The number of likely N-dealkylation sites (N-methyl/N-ethyl adjacent to an activating group) is 1. The van der Waals surface area contributed by atoms with Crippen LogP contribution in [0.5, 0.6) is 0 Å². The Bertz CT molecular complexity index is 238. The molecule has 0 aliphatic heterocycles. The summed E-state index contributed by atoms with van der Waals surface area (Å²) in [6.45, 7) is 1.99. The molecule has 19 heavy (non-hydrogen) atoms. The summed E-state index contributed by atoms with van der Waals surface area (Å²) in [6.07, 6.45) is 8.65. The Hall–Kier alpha value is 0.940. The number of aliphatic carboxylic acids is 1. The van der Waals surface area contributed by atoms with Crippen LogP contribution in [0.2, 0.25) is 0 Å². The molecule has 0 atom stereocenters. The molecular weight excluding hydrogens is 264 g/mol. The van der Waals surface area contributed by atoms with Crippen LogP contribution in [0.3, 0.4) is 0 Å². The van der Waals surface area contributed by atoms with Gasteiger partial charge in [-0.2, -0.15) is 0 Å². The SMILES string of the molecule is CCCCCCCCCC(=O)N(C)CC(=O)O.[NaH].[NaH]. The van der Waals surface area contributed by atoms with Gasteiger partial charge in [-0.3, -0.25) is 9.59 Å². The first-order valence-corrected chi connectivity index (χ1v) is 6.53. The summed E-state index contributed by atoms with van der Waals surface area (Å²) in [4.78, 5) is 23.2. The standard InChI is InChI=1S/C13H25NO3.2Na.2H/c1-3-4-5-6-7-8-9-10-12(15)14(2)11-13(16)17;;;;/h3-11H2,1-2H3,(H,16,17);;;;. The second kappa shape index (κ2) is 17.0. The van der Waals surface area contributed by atoms with Gasteiger partial charge in [0.25, 0.3) is 0 Å². The summed E-state index contributed by atoms with van der Waals surface area (Å²) in [5.74, 6) is -1.03. The van der Waals surface area contributed by atoms with Crippen molar-refractivity contribution in [1.29, 1.82) is 0 Å². The fraction of sp³-hybridized carbons (Fsp3) is 0.846. The molecule has 104 valence electrons. The topological polar surface area (TPSA) is 57.6 Å². The number of carbonyl (C=O) groups excluding carboxylic acids is 1. The van der Waals surface area contributed by atoms with Crippen LogP contribution < -0.4 is 0 Å². The van der Waals surface area contributed by atoms with Gasteiger partial charge in [-0.15, -0.1) is 0 Å². The predicted molar refractivity (Wildman–Crippen MR) is 82.2 cm³/mol. The van der Waals surface area contributed by atoms with Gasteiger partial charge in [0.05, 0.1) is 0 Å². The van der Waals surface area contributed by atoms with Crippen LogP contribution in [-0.2, 0) is 9.59 Å². The van der Waals surface area contributed by atoms with Crippen LogP contribution in [0.1, 0.15) is 58.3 Å². The Kier molecular flexibility index (Phi) is 22.3. The number of hydrogen-bond donors (Lipinski definition) is 1. The molecule has 6 heteroatoms. The third kappa shape index (κ3) is 16.9. The molecule has 0 aromatic heterocycles. The van der Waals surface area contributed by atoms with E-state index >= 15 is 0 Å². The van der Waals surface area contributed by atoms with Crippen molar-refractivity contribution in [2.45, 2.75) is 58.3 Å². The third-order valence-corrected chi connectivity index (χ3v) is 2.79. The summed E-state index contributed by atoms with van der Waals surface area (Å²) in [6, 6.07) is 0. The molecule has 0 unspecified atom stereocenters. The van der Waals surface area contributed by atoms with Crippen molar-refractivity contribution >= 4 is 71.0 Å². The Morgan fingerprint density at radius 1 is 0.947 bits per heavy atom. The van der Waals surface area contributed by atoms with Crippen LogP contribution in [0.4, 0.5) is 0 Å². The Labute approximate surface area is 161 Å². The van der Waals surface area contributed by atoms with E-state index in [1.165, 1.54) is 44.1 Å². The van der Waals surface area contributed by atoms with E-state index in [9.17, 15) is 9.59 Å². The summed E-state index contributed by atoms with van der Waals surface area (Å²) in [7, 11) is 1.54. The summed E-state index contributed by atoms with van der Waals surface area (Å²) < 4.78 is 0. The Morgan fingerprint density at radius 3 is 1.89 bits per heavy atom. The third-order valence-electron chi connectivity index (χ3n) is 2.79. The molecule has 0 saturated carbocycles. The molecule has 0 aromatic rings. The fourth-order valence-corrected chi connectivity index (χ4v) is 1.72. The molecule has 0 aromatic carbocycles. The molecular formula is C13H27NNa2O3. The maximum atomic E-state index is 11.5. The quantitative estimate of drug-likeness (QED) is 0.488. The van der Waals surface area contributed by atoms with E-state index in [-0.39, 0.29) is 71.6 Å². The molecule has 0 aliphatic rings. The van der Waals surface area contributed by atoms with Crippen molar-refractivity contribution in [1.82, 2.24) is 4.90 Å². The zero-order valence-corrected chi connectivity index (χ0v) is 11.1. The Morgan fingerprint density at radius 2 is 1.42 bits per heavy atom. The minimum absolute atomic E-state index is 0. The van der Waals surface area contributed by atoms with Gasteiger partial charge in [-0.1, -0.05) is 45.4 Å². The van der Waals surface area contributed by atoms with Gasteiger partial charge in [-0.05, 0) is 6.42 Å². The van der Waals surface area contributed by atoms with E-state index < -0.39 is 5.97 Å². The van der Waals surface area contributed by atoms with E-state index in [4.69, 9.17) is 5.11 Å². The summed E-state index contributed by atoms with van der Waals surface area (Å²) in [5, 5.41) is 8.53. The molecule has 0 bridgehead atoms. The van der Waals surface area contributed by atoms with Crippen LogP contribution >= 0.6 is 0 Å². The van der Waals surface area contributed by atoms with Gasteiger partial charge < -0.3 is 10.0 Å². The number of amides is 1. The molecule has 1 N–H and O–H groups in total. The average molecular weight is 291 g/mol. The number of carbonyl (C=O) groups is 2. The molecule has 0 fully saturated rings. The van der Waals surface area contributed by atoms with E-state index in [0.717, 1.165) is 12.8 Å². The fourth-order valence-electron chi connectivity index (χ4n) is 1.72. The molecule has 0 aliphatic carbocycles. The normalized spacial score (nSPS) is 9.16. The monoisotopic (exact) mass is 291 g/mol. The molecule has 0 radical (unpaired) electrons. The molecule has 0 spiro atoms. The number of unbranched alkanes of at least 4 members (excludes halogenated alkanes) is 6. The number of carboxylic acid groups (broad SMARTS) is 1. The Balaban J connectivity index is -0.00000128. The van der Waals surface area contributed by atoms with Crippen LogP contribution in [0.25, 0.3) is 0 Å². The number of hydrogen-bond acceptors (Lipinski definition) is 2. The van der Waals surface area contributed by atoms with Crippen LogP contribution in [-0.4, -0.2) is 94.6 Å². The van der Waals surface area contributed by atoms with Gasteiger partial charge in [0.1, 0.15) is 6.54 Å². The number of rotatable bonds is 10. The van der Waals surface area contributed by atoms with Crippen molar-refractivity contribution in [2.75, 3.05) is 13.6 Å². The van der Waals surface area contributed by atoms with Gasteiger partial charge >= 0.3 is 65.1 Å². The first-order valence-electron chi connectivity index (χ1n) is 6.53. The van der Waals surface area contributed by atoms with Gasteiger partial charge in [0.15, 0.2) is 0 Å². The number of nitrogens with zero attached hydrogens (tertiary/aromatic N) is 1. The van der Waals surface area contributed by atoms with Crippen molar-refractivity contribution in [3.8, 4) is 0 Å². The average Bonchev–Trinajstić information content (AvgIpc) is 2.26. The number of carboxylic acids is 1. The minimum atomic E-state index is -0.958. The molecule has 1 amide bonds. The van der Waals surface area contributed by atoms with Gasteiger partial charge in [-0.25, -0.2) is 0 Å². The van der Waals surface area contributed by atoms with Crippen molar-refractivity contribution in [3.63, 3.8) is 0 Å². The van der Waals surface area contributed by atoms with Crippen molar-refractivity contribution in [3.05, 3.63) is 0 Å². The second-order valence-corrected chi connectivity index (χ2v) is 4.51. The van der Waals surface area contributed by atoms with Crippen LogP contribution in [0.15, 0.2) is 0 Å². The second-order valence-electron chi connectivity index (χ2n) is 4.51. The van der Waals surface area contributed by atoms with Crippen molar-refractivity contribution < 1.29 is 14.7 Å². The zero-order valence-electron chi connectivity index (χ0n) is 11.1.